The van der Waals surface area contributed by atoms with Crippen LogP contribution in [0.15, 0.2) is 54.6 Å². The minimum atomic E-state index is -0.101. The van der Waals surface area contributed by atoms with Gasteiger partial charge in [0.05, 0.1) is 0 Å². The first-order chi connectivity index (χ1) is 9.95. The zero-order chi connectivity index (χ0) is 15.5. The summed E-state index contributed by atoms with van der Waals surface area (Å²) in [5.41, 5.74) is 3.31. The number of Topliss-reactive ketones (excluding diaryl/α,β-unsaturated/α-hetero) is 1. The van der Waals surface area contributed by atoms with Crippen LogP contribution >= 0.6 is 0 Å². The molecule has 0 aliphatic rings. The van der Waals surface area contributed by atoms with Gasteiger partial charge in [0.2, 0.25) is 0 Å². The van der Waals surface area contributed by atoms with Gasteiger partial charge in [-0.3, -0.25) is 4.79 Å². The second kappa shape index (κ2) is 6.26. The van der Waals surface area contributed by atoms with Gasteiger partial charge < -0.3 is 0 Å². The Labute approximate surface area is 128 Å². The number of hydrogen-bond acceptors (Lipinski definition) is 1. The van der Waals surface area contributed by atoms with E-state index in [1.807, 2.05) is 49.4 Å². The Balaban J connectivity index is 2.21. The number of carbonyl (C=O) groups is 1. The van der Waals surface area contributed by atoms with E-state index in [0.29, 0.717) is 0 Å². The molecule has 0 amide bonds. The topological polar surface area (TPSA) is 17.1 Å². The molecule has 1 atom stereocenters. The summed E-state index contributed by atoms with van der Waals surface area (Å²) in [6.07, 6.45) is 1.08. The van der Waals surface area contributed by atoms with E-state index in [0.717, 1.165) is 17.5 Å². The molecule has 2 aromatic rings. The summed E-state index contributed by atoms with van der Waals surface area (Å²) >= 11 is 0. The van der Waals surface area contributed by atoms with Crippen molar-refractivity contribution in [3.05, 3.63) is 71.3 Å². The molecule has 1 heteroatoms. The normalized spacial score (nSPS) is 13.0. The minimum absolute atomic E-state index is 0.101. The van der Waals surface area contributed by atoms with Gasteiger partial charge in [-0.2, -0.15) is 0 Å². The molecule has 0 bridgehead atoms. The highest BCUT2D eigenvalue weighted by Gasteiger charge is 2.20. The average molecular weight is 280 g/mol. The molecule has 0 aliphatic heterocycles. The molecule has 0 aliphatic carbocycles. The third-order valence-electron chi connectivity index (χ3n) is 4.53. The van der Waals surface area contributed by atoms with E-state index in [1.165, 1.54) is 5.56 Å². The monoisotopic (exact) mass is 280 g/mol. The molecule has 2 rings (SSSR count). The van der Waals surface area contributed by atoms with Gasteiger partial charge in [-0.15, -0.1) is 0 Å². The highest BCUT2D eigenvalue weighted by Crippen LogP contribution is 2.28. The van der Waals surface area contributed by atoms with Crippen LogP contribution in [-0.4, -0.2) is 5.78 Å². The number of rotatable bonds is 5. The van der Waals surface area contributed by atoms with Gasteiger partial charge in [0.15, 0.2) is 5.78 Å². The van der Waals surface area contributed by atoms with Crippen LogP contribution in [0.2, 0.25) is 0 Å². The van der Waals surface area contributed by atoms with E-state index in [4.69, 9.17) is 0 Å². The van der Waals surface area contributed by atoms with E-state index < -0.39 is 0 Å². The van der Waals surface area contributed by atoms with Gasteiger partial charge in [-0.1, -0.05) is 82.3 Å². The number of benzene rings is 2. The van der Waals surface area contributed by atoms with Crippen molar-refractivity contribution in [1.29, 1.82) is 0 Å². The van der Waals surface area contributed by atoms with Crippen LogP contribution in [0, 0.1) is 0 Å². The largest absolute Gasteiger partial charge is 0.294 e. The molecule has 1 nitrogen and oxygen atoms in total. The van der Waals surface area contributed by atoms with Gasteiger partial charge in [0.1, 0.15) is 0 Å². The van der Waals surface area contributed by atoms with Crippen molar-refractivity contribution in [2.75, 3.05) is 0 Å². The first kappa shape index (κ1) is 15.5. The molecule has 2 aromatic carbocycles. The van der Waals surface area contributed by atoms with Crippen molar-refractivity contribution < 1.29 is 4.79 Å². The molecule has 0 saturated carbocycles. The lowest BCUT2D eigenvalue weighted by atomic mass is 9.81. The van der Waals surface area contributed by atoms with Crippen molar-refractivity contribution in [3.63, 3.8) is 0 Å². The van der Waals surface area contributed by atoms with Crippen LogP contribution in [0.4, 0.5) is 0 Å². The van der Waals surface area contributed by atoms with E-state index in [-0.39, 0.29) is 17.1 Å². The van der Waals surface area contributed by atoms with Gasteiger partial charge in [0, 0.05) is 11.5 Å². The summed E-state index contributed by atoms with van der Waals surface area (Å²) in [5, 5.41) is 0. The van der Waals surface area contributed by atoms with Crippen LogP contribution in [-0.2, 0) is 5.41 Å². The number of carbonyl (C=O) groups excluding carboxylic acids is 1. The molecule has 0 radical (unpaired) electrons. The highest BCUT2D eigenvalue weighted by molar-refractivity contribution is 6.00. The van der Waals surface area contributed by atoms with Crippen molar-refractivity contribution in [1.82, 2.24) is 0 Å². The van der Waals surface area contributed by atoms with Gasteiger partial charge >= 0.3 is 0 Å². The fraction of sp³-hybridized carbons (Fsp3) is 0.350. The Kier molecular flexibility index (Phi) is 4.62. The zero-order valence-corrected chi connectivity index (χ0v) is 13.4. The lowest BCUT2D eigenvalue weighted by Gasteiger charge is -2.23. The fourth-order valence-corrected chi connectivity index (χ4v) is 2.43. The van der Waals surface area contributed by atoms with Crippen molar-refractivity contribution in [2.45, 2.75) is 45.4 Å². The van der Waals surface area contributed by atoms with Crippen molar-refractivity contribution in [2.24, 2.45) is 0 Å². The Morgan fingerprint density at radius 3 is 2.10 bits per heavy atom. The summed E-state index contributed by atoms with van der Waals surface area (Å²) < 4.78 is 0. The molecule has 0 heterocycles. The van der Waals surface area contributed by atoms with E-state index >= 15 is 0 Å². The summed E-state index contributed by atoms with van der Waals surface area (Å²) in [4.78, 5) is 12.6. The molecule has 0 N–H and O–H groups in total. The minimum Gasteiger partial charge on any atom is -0.294 e. The lowest BCUT2D eigenvalue weighted by Crippen LogP contribution is -2.16. The van der Waals surface area contributed by atoms with E-state index in [9.17, 15) is 4.79 Å². The third-order valence-corrected chi connectivity index (χ3v) is 4.53. The highest BCUT2D eigenvalue weighted by atomic mass is 16.1. The van der Waals surface area contributed by atoms with Crippen molar-refractivity contribution >= 4 is 5.78 Å². The van der Waals surface area contributed by atoms with E-state index in [1.54, 1.807) is 0 Å². The predicted molar refractivity (Wildman–Crippen MR) is 88.9 cm³/mol. The van der Waals surface area contributed by atoms with Crippen LogP contribution in [0.1, 0.15) is 61.5 Å². The Morgan fingerprint density at radius 1 is 1.00 bits per heavy atom. The predicted octanol–water partition coefficient (Wildman–Crippen LogP) is 5.36. The molecule has 1 unspecified atom stereocenters. The van der Waals surface area contributed by atoms with Crippen LogP contribution < -0.4 is 0 Å². The molecule has 0 aromatic heterocycles. The summed E-state index contributed by atoms with van der Waals surface area (Å²) in [6.45, 7) is 8.63. The first-order valence-electron chi connectivity index (χ1n) is 7.65. The molecule has 0 spiro atoms. The quantitative estimate of drug-likeness (QED) is 0.674. The average Bonchev–Trinajstić information content (AvgIpc) is 2.54. The molecule has 0 saturated heterocycles. The van der Waals surface area contributed by atoms with Crippen LogP contribution in [0.5, 0.6) is 0 Å². The molecule has 110 valence electrons. The second-order valence-electron chi connectivity index (χ2n) is 6.31. The SMILES string of the molecule is CCC(C)(C)c1ccc(C(=O)C(C)c2ccccc2)cc1. The summed E-state index contributed by atoms with van der Waals surface area (Å²) in [6, 6.07) is 18.1. The Bertz CT molecular complexity index is 593. The smallest absolute Gasteiger partial charge is 0.170 e. The van der Waals surface area contributed by atoms with Crippen LogP contribution in [0.3, 0.4) is 0 Å². The Hall–Kier alpha value is -1.89. The number of hydrogen-bond donors (Lipinski definition) is 0. The van der Waals surface area contributed by atoms with E-state index in [2.05, 4.69) is 32.9 Å². The zero-order valence-electron chi connectivity index (χ0n) is 13.4. The molecular formula is C20H24O. The van der Waals surface area contributed by atoms with Crippen molar-refractivity contribution in [3.8, 4) is 0 Å². The molecule has 21 heavy (non-hydrogen) atoms. The van der Waals surface area contributed by atoms with Gasteiger partial charge in [0.25, 0.3) is 0 Å². The van der Waals surface area contributed by atoms with Crippen LogP contribution in [0.25, 0.3) is 0 Å². The van der Waals surface area contributed by atoms with Gasteiger partial charge in [-0.25, -0.2) is 0 Å². The maximum absolute atomic E-state index is 12.6. The summed E-state index contributed by atoms with van der Waals surface area (Å²) in [7, 11) is 0. The van der Waals surface area contributed by atoms with Gasteiger partial charge in [-0.05, 0) is 23.0 Å². The summed E-state index contributed by atoms with van der Waals surface area (Å²) in [5.74, 6) is 0.0817. The first-order valence-corrected chi connectivity index (χ1v) is 7.65. The molecular weight excluding hydrogens is 256 g/mol. The Morgan fingerprint density at radius 2 is 1.57 bits per heavy atom. The fourth-order valence-electron chi connectivity index (χ4n) is 2.43. The molecule has 0 fully saturated rings. The maximum atomic E-state index is 12.6. The maximum Gasteiger partial charge on any atom is 0.170 e. The third kappa shape index (κ3) is 3.41. The lowest BCUT2D eigenvalue weighted by molar-refractivity contribution is 0.0966. The number of ketones is 1. The standard InChI is InChI=1S/C20H24O/c1-5-20(3,4)18-13-11-17(12-14-18)19(21)15(2)16-9-7-6-8-10-16/h6-15H,5H2,1-4H3. The second-order valence-corrected chi connectivity index (χ2v) is 6.31.